The summed E-state index contributed by atoms with van der Waals surface area (Å²) >= 11 is 8.28. The van der Waals surface area contributed by atoms with Crippen LogP contribution in [0.1, 0.15) is 0 Å². The van der Waals surface area contributed by atoms with E-state index >= 15 is 0 Å². The van der Waals surface area contributed by atoms with Gasteiger partial charge in [-0.25, -0.2) is 13.2 Å². The Morgan fingerprint density at radius 2 is 1.25 bits per heavy atom. The largest absolute Gasteiger partial charge is 0.451 e. The smallest absolute Gasteiger partial charge is 0.244 e. The predicted molar refractivity (Wildman–Crippen MR) is 57.4 cm³/mol. The lowest BCUT2D eigenvalue weighted by molar-refractivity contribution is -0.438. The van der Waals surface area contributed by atoms with E-state index in [1.54, 1.807) is 0 Å². The molecule has 0 aliphatic carbocycles. The van der Waals surface area contributed by atoms with Gasteiger partial charge in [-0.1, -0.05) is 0 Å². The number of sulfonamides is 1. The van der Waals surface area contributed by atoms with E-state index in [0.29, 0.717) is 0 Å². The van der Waals surface area contributed by atoms with E-state index in [1.807, 2.05) is 4.74 Å². The van der Waals surface area contributed by atoms with Crippen molar-refractivity contribution >= 4 is 56.2 Å². The Morgan fingerprint density at radius 3 is 1.50 bits per heavy atom. The van der Waals surface area contributed by atoms with E-state index in [1.165, 1.54) is 0 Å². The summed E-state index contributed by atoms with van der Waals surface area (Å²) in [5.41, 5.74) is 0. The number of rotatable bonds is 6. The number of ether oxygens (including phenoxy) is 1. The minimum Gasteiger partial charge on any atom is -0.244 e. The first-order valence-electron chi connectivity index (χ1n) is 3.67. The molecule has 0 heterocycles. The fourth-order valence-corrected chi connectivity index (χ4v) is 1.66. The maximum atomic E-state index is 12.9. The molecule has 0 aromatic rings. The summed E-state index contributed by atoms with van der Waals surface area (Å²) in [7, 11) is -6.58. The van der Waals surface area contributed by atoms with Gasteiger partial charge in [0.05, 0.1) is 0 Å². The quantitative estimate of drug-likeness (QED) is 0.246. The molecule has 0 aliphatic heterocycles. The second-order valence-corrected chi connectivity index (χ2v) is 7.26. The van der Waals surface area contributed by atoms with E-state index in [2.05, 4.69) is 23.6 Å². The van der Waals surface area contributed by atoms with Crippen LogP contribution in [-0.2, 0) is 14.8 Å². The summed E-state index contributed by atoms with van der Waals surface area (Å²) in [6.07, 6.45) is -12.7. The Morgan fingerprint density at radius 1 is 0.900 bits per heavy atom. The second kappa shape index (κ2) is 5.68. The fraction of sp³-hybridized carbons (Fsp3) is 1.00. The van der Waals surface area contributed by atoms with E-state index in [9.17, 15) is 43.5 Å². The van der Waals surface area contributed by atoms with E-state index in [-0.39, 0.29) is 22.6 Å². The molecule has 20 heavy (non-hydrogen) atoms. The van der Waals surface area contributed by atoms with Crippen molar-refractivity contribution in [3.05, 3.63) is 0 Å². The topological polar surface area (TPSA) is 46.6 Å². The fourth-order valence-electron chi connectivity index (χ4n) is 0.515. The highest BCUT2D eigenvalue weighted by molar-refractivity contribution is 14.1. The number of hydrogen-bond acceptors (Lipinski definition) is 3. The highest BCUT2D eigenvalue weighted by atomic mass is 127. The third-order valence-electron chi connectivity index (χ3n) is 1.43. The molecule has 0 atom stereocenters. The lowest BCUT2D eigenvalue weighted by Gasteiger charge is -2.30. The Labute approximate surface area is 129 Å². The third-order valence-corrected chi connectivity index (χ3v) is 4.40. The van der Waals surface area contributed by atoms with Gasteiger partial charge in [-0.3, -0.25) is 0 Å². The third kappa shape index (κ3) is 3.68. The van der Waals surface area contributed by atoms with Crippen LogP contribution in [-0.4, -0.2) is 33.2 Å². The Bertz CT molecular complexity index is 465. The van der Waals surface area contributed by atoms with Crippen molar-refractivity contribution in [3.63, 3.8) is 0 Å². The van der Waals surface area contributed by atoms with Crippen LogP contribution in [0.3, 0.4) is 0 Å². The van der Waals surface area contributed by atoms with Gasteiger partial charge in [0, 0.05) is 46.1 Å². The number of nitrogens with zero attached hydrogens (tertiary/aromatic N) is 1. The van der Waals surface area contributed by atoms with Gasteiger partial charge < -0.3 is 0 Å². The lowest BCUT2D eigenvalue weighted by atomic mass is 10.6. The maximum absolute atomic E-state index is 12.9. The number of halogens is 11. The standard InChI is InChI=1S/C4Cl2F8INO3S/c5-16(6)20(17,18)4(13,14)3(11,12)19-2(9,10)1(7,8)15. The Balaban J connectivity index is 5.67. The highest BCUT2D eigenvalue weighted by Gasteiger charge is 2.74. The summed E-state index contributed by atoms with van der Waals surface area (Å²) in [6, 6.07) is 0. The predicted octanol–water partition coefficient (Wildman–Crippen LogP) is 3.75. The van der Waals surface area contributed by atoms with Crippen molar-refractivity contribution in [2.45, 2.75) is 21.4 Å². The van der Waals surface area contributed by atoms with Gasteiger partial charge in [0.1, 0.15) is 0 Å². The number of hydrogen-bond donors (Lipinski definition) is 0. The highest BCUT2D eigenvalue weighted by Crippen LogP contribution is 2.49. The molecular formula is C4Cl2F8INO3S. The molecule has 122 valence electrons. The first kappa shape index (κ1) is 20.6. The SMILES string of the molecule is O=S(=O)(N(Cl)Cl)C(F)(F)C(F)(F)OC(F)(F)C(F)(F)I. The van der Waals surface area contributed by atoms with Gasteiger partial charge in [-0.2, -0.15) is 35.1 Å². The molecule has 0 N–H and O–H groups in total. The molecule has 0 amide bonds. The van der Waals surface area contributed by atoms with Crippen molar-refractivity contribution in [2.24, 2.45) is 0 Å². The molecular weight excluding hydrogens is 492 g/mol. The van der Waals surface area contributed by atoms with Gasteiger partial charge in [0.2, 0.25) is 0 Å². The van der Waals surface area contributed by atoms with Crippen LogP contribution >= 0.6 is 46.1 Å². The molecule has 0 saturated carbocycles. The average molecular weight is 492 g/mol. The van der Waals surface area contributed by atoms with Crippen molar-refractivity contribution in [3.8, 4) is 0 Å². The van der Waals surface area contributed by atoms with Crippen LogP contribution in [0.15, 0.2) is 0 Å². The van der Waals surface area contributed by atoms with E-state index in [4.69, 9.17) is 0 Å². The molecule has 4 nitrogen and oxygen atoms in total. The summed E-state index contributed by atoms with van der Waals surface area (Å²) in [4.78, 5) is 0. The molecule has 0 radical (unpaired) electrons. The molecule has 0 spiro atoms. The molecule has 0 saturated heterocycles. The first-order valence-corrected chi connectivity index (χ1v) is 6.86. The van der Waals surface area contributed by atoms with Crippen molar-refractivity contribution in [2.75, 3.05) is 0 Å². The lowest BCUT2D eigenvalue weighted by Crippen LogP contribution is -2.56. The first-order chi connectivity index (χ1) is 8.40. The van der Waals surface area contributed by atoms with Crippen LogP contribution < -0.4 is 0 Å². The maximum Gasteiger partial charge on any atom is 0.451 e. The minimum atomic E-state index is -6.58. The van der Waals surface area contributed by atoms with Gasteiger partial charge in [-0.15, -0.1) is 0 Å². The zero-order valence-electron chi connectivity index (χ0n) is 8.24. The molecule has 0 unspecified atom stereocenters. The van der Waals surface area contributed by atoms with Gasteiger partial charge in [0.15, 0.2) is 0 Å². The van der Waals surface area contributed by atoms with Gasteiger partial charge in [0.25, 0.3) is 0 Å². The normalized spacial score (nSPS) is 15.8. The molecule has 0 aromatic heterocycles. The molecule has 0 fully saturated rings. The van der Waals surface area contributed by atoms with Gasteiger partial charge >= 0.3 is 31.4 Å². The molecule has 0 rings (SSSR count). The monoisotopic (exact) mass is 491 g/mol. The molecule has 0 aromatic carbocycles. The van der Waals surface area contributed by atoms with Crippen molar-refractivity contribution in [1.29, 1.82) is 0 Å². The van der Waals surface area contributed by atoms with E-state index in [0.717, 1.165) is 0 Å². The summed E-state index contributed by atoms with van der Waals surface area (Å²) < 4.78 is 117. The van der Waals surface area contributed by atoms with Gasteiger partial charge in [-0.05, 0) is 3.34 Å². The Kier molecular flexibility index (Phi) is 5.85. The zero-order valence-corrected chi connectivity index (χ0v) is 12.7. The Hall–Kier alpha value is 0.620. The summed E-state index contributed by atoms with van der Waals surface area (Å²) in [5, 5.41) is -6.45. The van der Waals surface area contributed by atoms with E-state index < -0.39 is 34.8 Å². The molecule has 0 bridgehead atoms. The van der Waals surface area contributed by atoms with Crippen LogP contribution in [0.4, 0.5) is 35.1 Å². The minimum absolute atomic E-state index is 0.377. The van der Waals surface area contributed by atoms with Crippen molar-refractivity contribution in [1.82, 2.24) is 3.34 Å². The molecule has 0 aliphatic rings. The molecule has 16 heteroatoms. The van der Waals surface area contributed by atoms with Crippen molar-refractivity contribution < 1.29 is 48.3 Å². The van der Waals surface area contributed by atoms with Crippen LogP contribution in [0, 0.1) is 0 Å². The van der Waals surface area contributed by atoms with Crippen LogP contribution in [0.5, 0.6) is 0 Å². The summed E-state index contributed by atoms with van der Waals surface area (Å²) in [5.74, 6) is 0. The summed E-state index contributed by atoms with van der Waals surface area (Å²) in [6.45, 7) is 0. The average Bonchev–Trinajstić information content (AvgIpc) is 2.12. The van der Waals surface area contributed by atoms with Crippen LogP contribution in [0.25, 0.3) is 0 Å². The number of alkyl halides is 9. The second-order valence-electron chi connectivity index (χ2n) is 2.83. The zero-order chi connectivity index (χ0) is 16.8. The van der Waals surface area contributed by atoms with Crippen LogP contribution in [0.2, 0.25) is 0 Å².